The first-order valence-corrected chi connectivity index (χ1v) is 16.1. The Hall–Kier alpha value is -3.73. The number of hydrogen-bond donors (Lipinski definition) is 1. The number of sulfonamides is 1. The van der Waals surface area contributed by atoms with Crippen molar-refractivity contribution in [3.63, 3.8) is 0 Å². The number of imidazole rings is 1. The van der Waals surface area contributed by atoms with Crippen LogP contribution in [-0.2, 0) is 25.7 Å². The van der Waals surface area contributed by atoms with Crippen molar-refractivity contribution >= 4 is 33.6 Å². The molecule has 0 saturated carbocycles. The Morgan fingerprint density at radius 3 is 2.56 bits per heavy atom. The van der Waals surface area contributed by atoms with E-state index >= 15 is 0 Å². The summed E-state index contributed by atoms with van der Waals surface area (Å²) < 4.78 is 88.1. The number of halogens is 4. The molecule has 1 aromatic carbocycles. The maximum absolute atomic E-state index is 13.7. The number of piperazine rings is 1. The van der Waals surface area contributed by atoms with Crippen LogP contribution in [0.4, 0.5) is 23.4 Å². The number of nitrogens with one attached hydrogen (secondary N) is 1. The summed E-state index contributed by atoms with van der Waals surface area (Å²) in [4.78, 5) is 23.0. The third-order valence-electron chi connectivity index (χ3n) is 7.62. The first kappa shape index (κ1) is 32.7. The van der Waals surface area contributed by atoms with Crippen LogP contribution in [-0.4, -0.2) is 70.4 Å². The van der Waals surface area contributed by atoms with Crippen molar-refractivity contribution in [2.75, 3.05) is 31.6 Å². The molecule has 5 rings (SSSR count). The van der Waals surface area contributed by atoms with Crippen molar-refractivity contribution in [1.29, 1.82) is 0 Å². The average Bonchev–Trinajstić information content (AvgIpc) is 3.48. The van der Waals surface area contributed by atoms with Gasteiger partial charge in [0.25, 0.3) is 0 Å². The molecule has 0 aliphatic carbocycles. The molecule has 45 heavy (non-hydrogen) atoms. The zero-order valence-corrected chi connectivity index (χ0v) is 25.9. The molecule has 0 spiro atoms. The lowest BCUT2D eigenvalue weighted by atomic mass is 10.0. The van der Waals surface area contributed by atoms with Gasteiger partial charge in [-0.2, -0.15) is 17.5 Å². The lowest BCUT2D eigenvalue weighted by molar-refractivity contribution is -0.166. The fourth-order valence-electron chi connectivity index (χ4n) is 5.30. The second-order valence-electron chi connectivity index (χ2n) is 10.4. The Morgan fingerprint density at radius 2 is 1.91 bits per heavy atom. The fraction of sp³-hybridized carbons (Fsp3) is 0.345. The third-order valence-corrected chi connectivity index (χ3v) is 11.0. The van der Waals surface area contributed by atoms with Gasteiger partial charge in [0.05, 0.1) is 40.9 Å². The van der Waals surface area contributed by atoms with Crippen LogP contribution in [0.1, 0.15) is 42.8 Å². The van der Waals surface area contributed by atoms with Gasteiger partial charge in [0.15, 0.2) is 6.04 Å². The predicted octanol–water partition coefficient (Wildman–Crippen LogP) is 5.14. The number of carbonyl (C=O) groups is 1. The number of rotatable bonds is 9. The van der Waals surface area contributed by atoms with Crippen molar-refractivity contribution in [3.05, 3.63) is 99.7 Å². The van der Waals surface area contributed by atoms with Crippen LogP contribution in [0.25, 0.3) is 0 Å². The highest BCUT2D eigenvalue weighted by molar-refractivity contribution is 8.20. The highest BCUT2D eigenvalue weighted by atomic mass is 32.3. The molecule has 2 aliphatic rings. The Kier molecular flexibility index (Phi) is 9.39. The van der Waals surface area contributed by atoms with E-state index in [2.05, 4.69) is 21.9 Å². The molecule has 2 aromatic heterocycles. The summed E-state index contributed by atoms with van der Waals surface area (Å²) in [6.07, 6.45) is 0.730. The molecule has 3 atom stereocenters. The Balaban J connectivity index is 1.28. The van der Waals surface area contributed by atoms with Gasteiger partial charge in [-0.05, 0) is 43.7 Å². The van der Waals surface area contributed by atoms with Crippen LogP contribution in [0.3, 0.4) is 0 Å². The number of hydrogen-bond acceptors (Lipinski definition) is 9. The number of anilines is 1. The lowest BCUT2D eigenvalue weighted by Gasteiger charge is -2.46. The van der Waals surface area contributed by atoms with Crippen LogP contribution in [0.15, 0.2) is 77.0 Å². The Morgan fingerprint density at radius 1 is 1.18 bits per heavy atom. The first-order valence-electron chi connectivity index (χ1n) is 13.8. The average molecular weight is 667 g/mol. The highest BCUT2D eigenvalue weighted by Crippen LogP contribution is 2.37. The fourth-order valence-corrected chi connectivity index (χ4v) is 8.09. The predicted molar refractivity (Wildman–Crippen MR) is 160 cm³/mol. The van der Waals surface area contributed by atoms with Gasteiger partial charge in [-0.15, -0.1) is 0 Å². The zero-order chi connectivity index (χ0) is 32.5. The van der Waals surface area contributed by atoms with Gasteiger partial charge in [-0.1, -0.05) is 36.5 Å². The van der Waals surface area contributed by atoms with E-state index in [0.717, 1.165) is 29.5 Å². The van der Waals surface area contributed by atoms with Gasteiger partial charge in [0, 0.05) is 25.8 Å². The molecule has 2 fully saturated rings. The highest BCUT2D eigenvalue weighted by Gasteiger charge is 2.46. The number of ether oxygens (including phenoxy) is 1. The zero-order valence-electron chi connectivity index (χ0n) is 24.2. The van der Waals surface area contributed by atoms with Crippen molar-refractivity contribution in [2.24, 2.45) is 0 Å². The van der Waals surface area contributed by atoms with Crippen LogP contribution in [0.5, 0.6) is 0 Å². The van der Waals surface area contributed by atoms with E-state index in [0.29, 0.717) is 11.9 Å². The molecule has 240 valence electrons. The molecule has 1 N–H and O–H groups in total. The molecule has 2 aliphatic heterocycles. The quantitative estimate of drug-likeness (QED) is 0.245. The molecule has 3 aromatic rings. The number of benzene rings is 1. The minimum absolute atomic E-state index is 0.00479. The molecule has 0 radical (unpaired) electrons. The van der Waals surface area contributed by atoms with Gasteiger partial charge in [0.2, 0.25) is 10.0 Å². The second-order valence-corrected chi connectivity index (χ2v) is 13.7. The standard InChI is InChI=1S/C29H30F4N6O4S2/c1-4-26(44-19(3)36-25-10-7-21(13-35-25)29(31,32)33)45(41,42)37-11-12-38-23(15-37)16-43-28(40)27(38)24-14-34-17-39(24)18(2)20-5-8-22(30)9-6-20/h4-10,13-14,17-18,23,27H,3,11-12,15-16H2,1-2H3,(H,35,36)/b26-4+/t18-,23?,27?/m1/s1. The number of morpholine rings is 1. The van der Waals surface area contributed by atoms with Crippen LogP contribution in [0, 0.1) is 5.82 Å². The maximum atomic E-state index is 13.7. The Labute approximate surface area is 261 Å². The lowest BCUT2D eigenvalue weighted by Crippen LogP contribution is -2.61. The summed E-state index contributed by atoms with van der Waals surface area (Å²) >= 11 is 0.812. The SMILES string of the molecule is C=C(Nc1ccc(C(F)(F)F)cn1)S/C(=C\C)S(=O)(=O)N1CCN2C(COC(=O)C2c2cncn2[C@H](C)c2ccc(F)cc2)C1. The number of aromatic nitrogens is 3. The van der Waals surface area contributed by atoms with Crippen LogP contribution < -0.4 is 5.32 Å². The molecule has 0 amide bonds. The topological polar surface area (TPSA) is 110 Å². The number of esters is 1. The molecule has 2 unspecified atom stereocenters. The molecule has 4 heterocycles. The largest absolute Gasteiger partial charge is 0.463 e. The summed E-state index contributed by atoms with van der Waals surface area (Å²) in [6.45, 7) is 7.62. The molecule has 0 bridgehead atoms. The molecular formula is C29H30F4N6O4S2. The summed E-state index contributed by atoms with van der Waals surface area (Å²) in [6, 6.07) is 6.50. The van der Waals surface area contributed by atoms with E-state index in [1.807, 2.05) is 16.4 Å². The first-order chi connectivity index (χ1) is 21.3. The van der Waals surface area contributed by atoms with E-state index in [4.69, 9.17) is 4.74 Å². The number of pyridine rings is 1. The van der Waals surface area contributed by atoms with E-state index in [-0.39, 0.29) is 53.2 Å². The van der Waals surface area contributed by atoms with Crippen LogP contribution in [0.2, 0.25) is 0 Å². The summed E-state index contributed by atoms with van der Waals surface area (Å²) in [5.74, 6) is -0.760. The third kappa shape index (κ3) is 6.93. The van der Waals surface area contributed by atoms with Gasteiger partial charge in [0.1, 0.15) is 22.5 Å². The van der Waals surface area contributed by atoms with Crippen molar-refractivity contribution in [2.45, 2.75) is 38.1 Å². The summed E-state index contributed by atoms with van der Waals surface area (Å²) in [5, 5.41) is 2.88. The molecular weight excluding hydrogens is 636 g/mol. The van der Waals surface area contributed by atoms with Gasteiger partial charge >= 0.3 is 12.1 Å². The number of cyclic esters (lactones) is 1. The minimum Gasteiger partial charge on any atom is -0.463 e. The van der Waals surface area contributed by atoms with Gasteiger partial charge in [-0.25, -0.2) is 27.6 Å². The smallest absolute Gasteiger partial charge is 0.417 e. The Bertz CT molecular complexity index is 1690. The van der Waals surface area contributed by atoms with Gasteiger partial charge < -0.3 is 14.6 Å². The normalized spacial score (nSPS) is 20.8. The number of nitrogens with zero attached hydrogens (tertiary/aromatic N) is 5. The number of alkyl halides is 3. The van der Waals surface area contributed by atoms with Crippen molar-refractivity contribution < 1.29 is 35.5 Å². The molecule has 2 saturated heterocycles. The molecule has 16 heteroatoms. The van der Waals surface area contributed by atoms with E-state index < -0.39 is 39.8 Å². The van der Waals surface area contributed by atoms with E-state index in [1.54, 1.807) is 31.6 Å². The number of thioether (sulfide) groups is 1. The summed E-state index contributed by atoms with van der Waals surface area (Å²) in [7, 11) is -4.01. The van der Waals surface area contributed by atoms with Crippen LogP contribution >= 0.6 is 11.8 Å². The van der Waals surface area contributed by atoms with E-state index in [9.17, 15) is 30.8 Å². The minimum atomic E-state index is -4.53. The van der Waals surface area contributed by atoms with Gasteiger partial charge in [-0.3, -0.25) is 4.90 Å². The van der Waals surface area contributed by atoms with Crippen molar-refractivity contribution in [3.8, 4) is 0 Å². The maximum Gasteiger partial charge on any atom is 0.417 e. The van der Waals surface area contributed by atoms with E-state index in [1.165, 1.54) is 22.5 Å². The number of carbonyl (C=O) groups excluding carboxylic acids is 1. The number of fused-ring (bicyclic) bond motifs is 1. The number of allylic oxidation sites excluding steroid dienone is 1. The van der Waals surface area contributed by atoms with Crippen molar-refractivity contribution in [1.82, 2.24) is 23.7 Å². The molecule has 10 nitrogen and oxygen atoms in total. The summed E-state index contributed by atoms with van der Waals surface area (Å²) in [5.41, 5.74) is 0.472. The second kappa shape index (κ2) is 12.9. The monoisotopic (exact) mass is 666 g/mol.